The molecule has 5 nitrogen and oxygen atoms in total. The first-order chi connectivity index (χ1) is 10.1. The molecular formula is C14H8Cl2N4O. The van der Waals surface area contributed by atoms with Crippen LogP contribution in [0.5, 0.6) is 0 Å². The zero-order valence-electron chi connectivity index (χ0n) is 10.5. The molecule has 1 aromatic carbocycles. The van der Waals surface area contributed by atoms with Crippen LogP contribution in [0.4, 0.5) is 5.82 Å². The molecule has 1 N–H and O–H groups in total. The van der Waals surface area contributed by atoms with Gasteiger partial charge in [0, 0.05) is 5.39 Å². The molecule has 1 amide bonds. The maximum atomic E-state index is 12.2. The average Bonchev–Trinajstić information content (AvgIpc) is 2.49. The summed E-state index contributed by atoms with van der Waals surface area (Å²) in [4.78, 5) is 16.4. The van der Waals surface area contributed by atoms with E-state index in [2.05, 4.69) is 20.5 Å². The lowest BCUT2D eigenvalue weighted by molar-refractivity contribution is 0.102. The number of fused-ring (bicyclic) bond motifs is 1. The molecule has 0 aliphatic carbocycles. The van der Waals surface area contributed by atoms with Crippen LogP contribution in [0.15, 0.2) is 42.5 Å². The number of benzene rings is 1. The summed E-state index contributed by atoms with van der Waals surface area (Å²) < 4.78 is 0. The lowest BCUT2D eigenvalue weighted by Gasteiger charge is -2.06. The van der Waals surface area contributed by atoms with Gasteiger partial charge in [-0.15, -0.1) is 10.2 Å². The van der Waals surface area contributed by atoms with Gasteiger partial charge in [-0.3, -0.25) is 4.79 Å². The van der Waals surface area contributed by atoms with Crippen LogP contribution >= 0.6 is 23.2 Å². The Morgan fingerprint density at radius 1 is 1.05 bits per heavy atom. The van der Waals surface area contributed by atoms with E-state index in [9.17, 15) is 4.79 Å². The number of carbonyl (C=O) groups excluding carboxylic acids is 1. The summed E-state index contributed by atoms with van der Waals surface area (Å²) >= 11 is 11.8. The van der Waals surface area contributed by atoms with Gasteiger partial charge in [-0.25, -0.2) is 4.98 Å². The Kier molecular flexibility index (Phi) is 3.68. The standard InChI is InChI=1S/C14H8Cl2N4O/c15-9-7-11(17-10-4-2-1-3-8(9)10)14(21)18-13-6-5-12(16)19-20-13/h1-7H,(H,18,20,21). The molecule has 0 unspecified atom stereocenters. The largest absolute Gasteiger partial charge is 0.304 e. The fourth-order valence-electron chi connectivity index (χ4n) is 1.81. The highest BCUT2D eigenvalue weighted by Crippen LogP contribution is 2.23. The number of amides is 1. The fraction of sp³-hybridized carbons (Fsp3) is 0. The van der Waals surface area contributed by atoms with E-state index in [0.29, 0.717) is 10.5 Å². The number of aromatic nitrogens is 3. The number of nitrogens with one attached hydrogen (secondary N) is 1. The van der Waals surface area contributed by atoms with Crippen molar-refractivity contribution in [2.75, 3.05) is 5.32 Å². The molecule has 3 rings (SSSR count). The van der Waals surface area contributed by atoms with Crippen LogP contribution in [0.2, 0.25) is 10.2 Å². The number of hydrogen-bond donors (Lipinski definition) is 1. The van der Waals surface area contributed by atoms with Crippen molar-refractivity contribution < 1.29 is 4.79 Å². The third kappa shape index (κ3) is 2.94. The molecule has 0 spiro atoms. The van der Waals surface area contributed by atoms with Crippen LogP contribution in [0.3, 0.4) is 0 Å². The van der Waals surface area contributed by atoms with Gasteiger partial charge in [0.05, 0.1) is 10.5 Å². The highest BCUT2D eigenvalue weighted by Gasteiger charge is 2.12. The predicted octanol–water partition coefficient (Wildman–Crippen LogP) is 3.58. The minimum atomic E-state index is -0.417. The minimum absolute atomic E-state index is 0.204. The molecule has 0 atom stereocenters. The molecule has 0 aliphatic rings. The average molecular weight is 319 g/mol. The van der Waals surface area contributed by atoms with E-state index in [0.717, 1.165) is 5.39 Å². The Bertz CT molecular complexity index is 821. The van der Waals surface area contributed by atoms with E-state index < -0.39 is 5.91 Å². The maximum absolute atomic E-state index is 12.2. The molecule has 0 aliphatic heterocycles. The molecule has 0 bridgehead atoms. The van der Waals surface area contributed by atoms with E-state index >= 15 is 0 Å². The van der Waals surface area contributed by atoms with Crippen molar-refractivity contribution in [3.63, 3.8) is 0 Å². The second-order valence-electron chi connectivity index (χ2n) is 4.20. The molecule has 2 aromatic heterocycles. The number of para-hydroxylation sites is 1. The van der Waals surface area contributed by atoms with E-state index in [1.54, 1.807) is 12.1 Å². The molecule has 7 heteroatoms. The highest BCUT2D eigenvalue weighted by atomic mass is 35.5. The summed E-state index contributed by atoms with van der Waals surface area (Å²) in [7, 11) is 0. The Balaban J connectivity index is 1.92. The van der Waals surface area contributed by atoms with Gasteiger partial charge in [-0.2, -0.15) is 0 Å². The topological polar surface area (TPSA) is 67.8 Å². The number of hydrogen-bond acceptors (Lipinski definition) is 4. The van der Waals surface area contributed by atoms with E-state index in [1.807, 2.05) is 18.2 Å². The maximum Gasteiger partial charge on any atom is 0.275 e. The molecule has 3 aromatic rings. The van der Waals surface area contributed by atoms with Crippen LogP contribution in [-0.2, 0) is 0 Å². The first-order valence-corrected chi connectivity index (χ1v) is 6.75. The highest BCUT2D eigenvalue weighted by molar-refractivity contribution is 6.35. The Morgan fingerprint density at radius 3 is 2.62 bits per heavy atom. The van der Waals surface area contributed by atoms with Crippen molar-refractivity contribution in [1.29, 1.82) is 0 Å². The van der Waals surface area contributed by atoms with Crippen molar-refractivity contribution in [2.45, 2.75) is 0 Å². The molecule has 21 heavy (non-hydrogen) atoms. The molecule has 2 heterocycles. The summed E-state index contributed by atoms with van der Waals surface area (Å²) in [5, 5.41) is 11.5. The Labute approximate surface area is 129 Å². The molecule has 0 saturated heterocycles. The van der Waals surface area contributed by atoms with Gasteiger partial charge in [0.15, 0.2) is 11.0 Å². The first-order valence-electron chi connectivity index (χ1n) is 5.99. The van der Waals surface area contributed by atoms with E-state index in [4.69, 9.17) is 23.2 Å². The molecule has 0 radical (unpaired) electrons. The van der Waals surface area contributed by atoms with Gasteiger partial charge in [0.1, 0.15) is 5.69 Å². The van der Waals surface area contributed by atoms with Crippen LogP contribution in [0.25, 0.3) is 10.9 Å². The Hall–Kier alpha value is -2.24. The molecule has 0 saturated carbocycles. The third-order valence-electron chi connectivity index (χ3n) is 2.77. The van der Waals surface area contributed by atoms with E-state index in [-0.39, 0.29) is 16.7 Å². The number of carbonyl (C=O) groups is 1. The van der Waals surface area contributed by atoms with Gasteiger partial charge in [0.2, 0.25) is 0 Å². The van der Waals surface area contributed by atoms with Crippen LogP contribution < -0.4 is 5.32 Å². The van der Waals surface area contributed by atoms with Crippen LogP contribution in [0, 0.1) is 0 Å². The lowest BCUT2D eigenvalue weighted by Crippen LogP contribution is -2.15. The molecule has 104 valence electrons. The van der Waals surface area contributed by atoms with Gasteiger partial charge < -0.3 is 5.32 Å². The summed E-state index contributed by atoms with van der Waals surface area (Å²) in [6, 6.07) is 11.9. The van der Waals surface area contributed by atoms with Gasteiger partial charge >= 0.3 is 0 Å². The van der Waals surface area contributed by atoms with Crippen molar-refractivity contribution in [1.82, 2.24) is 15.2 Å². The predicted molar refractivity (Wildman–Crippen MR) is 81.7 cm³/mol. The summed E-state index contributed by atoms with van der Waals surface area (Å²) in [6.07, 6.45) is 0. The number of pyridine rings is 1. The minimum Gasteiger partial charge on any atom is -0.304 e. The summed E-state index contributed by atoms with van der Waals surface area (Å²) in [5.74, 6) is -0.130. The number of rotatable bonds is 2. The van der Waals surface area contributed by atoms with Gasteiger partial charge in [-0.1, -0.05) is 41.4 Å². The first kappa shape index (κ1) is 13.7. The quantitative estimate of drug-likeness (QED) is 0.784. The fourth-order valence-corrected chi connectivity index (χ4v) is 2.18. The number of halogens is 2. The summed E-state index contributed by atoms with van der Waals surface area (Å²) in [6.45, 7) is 0. The van der Waals surface area contributed by atoms with Crippen LogP contribution in [0.1, 0.15) is 10.5 Å². The SMILES string of the molecule is O=C(Nc1ccc(Cl)nn1)c1cc(Cl)c2ccccc2n1. The smallest absolute Gasteiger partial charge is 0.275 e. The normalized spacial score (nSPS) is 10.6. The number of anilines is 1. The van der Waals surface area contributed by atoms with Gasteiger partial charge in [0.25, 0.3) is 5.91 Å². The lowest BCUT2D eigenvalue weighted by atomic mass is 10.2. The molecule has 0 fully saturated rings. The van der Waals surface area contributed by atoms with Crippen LogP contribution in [-0.4, -0.2) is 21.1 Å². The van der Waals surface area contributed by atoms with Crippen molar-refractivity contribution in [2.24, 2.45) is 0 Å². The second kappa shape index (κ2) is 5.63. The van der Waals surface area contributed by atoms with Crippen molar-refractivity contribution in [3.05, 3.63) is 58.3 Å². The summed E-state index contributed by atoms with van der Waals surface area (Å²) in [5.41, 5.74) is 0.854. The molecular weight excluding hydrogens is 311 g/mol. The third-order valence-corrected chi connectivity index (χ3v) is 3.29. The zero-order chi connectivity index (χ0) is 14.8. The Morgan fingerprint density at radius 2 is 1.86 bits per heavy atom. The van der Waals surface area contributed by atoms with Crippen molar-refractivity contribution >= 4 is 45.8 Å². The second-order valence-corrected chi connectivity index (χ2v) is 5.00. The number of nitrogens with zero attached hydrogens (tertiary/aromatic N) is 3. The zero-order valence-corrected chi connectivity index (χ0v) is 12.1. The monoisotopic (exact) mass is 318 g/mol. The van der Waals surface area contributed by atoms with E-state index in [1.165, 1.54) is 12.1 Å². The van der Waals surface area contributed by atoms with Gasteiger partial charge in [-0.05, 0) is 24.3 Å². The van der Waals surface area contributed by atoms with Crippen molar-refractivity contribution in [3.8, 4) is 0 Å².